The molecule has 0 saturated heterocycles. The molecule has 0 spiro atoms. The Bertz CT molecular complexity index is 818. The molecule has 2 heterocycles. The number of aromatic nitrogens is 3. The van der Waals surface area contributed by atoms with Crippen LogP contribution in [0.3, 0.4) is 0 Å². The lowest BCUT2D eigenvalue weighted by atomic mass is 9.90. The van der Waals surface area contributed by atoms with Crippen LogP contribution in [0.5, 0.6) is 11.6 Å². The summed E-state index contributed by atoms with van der Waals surface area (Å²) in [6.45, 7) is -0.223. The second-order valence-corrected chi connectivity index (χ2v) is 6.07. The molecule has 1 aliphatic rings. The largest absolute Gasteiger partial charge is 0.493 e. The van der Waals surface area contributed by atoms with Crippen LogP contribution >= 0.6 is 0 Å². The maximum atomic E-state index is 12.8. The lowest BCUT2D eigenvalue weighted by Crippen LogP contribution is -2.15. The van der Waals surface area contributed by atoms with Gasteiger partial charge >= 0.3 is 0 Å². The first-order chi connectivity index (χ1) is 12.6. The summed E-state index contributed by atoms with van der Waals surface area (Å²) in [5, 5.41) is 13.3. The van der Waals surface area contributed by atoms with Gasteiger partial charge in [-0.15, -0.1) is 0 Å². The van der Waals surface area contributed by atoms with Crippen molar-refractivity contribution in [2.24, 2.45) is 0 Å². The molecule has 0 fully saturated rings. The number of pyridine rings is 1. The molecular weight excluding hydrogens is 344 g/mol. The number of halogens is 2. The van der Waals surface area contributed by atoms with Crippen molar-refractivity contribution in [3.05, 3.63) is 41.4 Å². The van der Waals surface area contributed by atoms with E-state index in [0.717, 1.165) is 36.8 Å². The zero-order valence-corrected chi connectivity index (χ0v) is 14.1. The lowest BCUT2D eigenvalue weighted by Gasteiger charge is -2.22. The Morgan fingerprint density at radius 1 is 1.35 bits per heavy atom. The fraction of sp³-hybridized carbons (Fsp3) is 0.389. The average Bonchev–Trinajstić information content (AvgIpc) is 3.08. The van der Waals surface area contributed by atoms with Crippen LogP contribution in [0.4, 0.5) is 8.78 Å². The highest BCUT2D eigenvalue weighted by Crippen LogP contribution is 2.33. The molecule has 8 heteroatoms. The molecule has 6 nitrogen and oxygen atoms in total. The summed E-state index contributed by atoms with van der Waals surface area (Å²) in [6, 6.07) is 2.97. The smallest absolute Gasteiger partial charge is 0.257 e. The summed E-state index contributed by atoms with van der Waals surface area (Å²) in [5.41, 5.74) is 2.85. The number of nitrogens with zero attached hydrogens (tertiary/aromatic N) is 3. The highest BCUT2D eigenvalue weighted by Gasteiger charge is 2.20. The van der Waals surface area contributed by atoms with Crippen molar-refractivity contribution in [2.45, 2.75) is 38.7 Å². The molecular formula is C18H19F2N3O3. The molecule has 0 saturated carbocycles. The molecule has 0 radical (unpaired) electrons. The van der Waals surface area contributed by atoms with E-state index < -0.39 is 13.0 Å². The molecule has 0 unspecified atom stereocenters. The van der Waals surface area contributed by atoms with E-state index in [4.69, 9.17) is 4.74 Å². The van der Waals surface area contributed by atoms with Gasteiger partial charge in [0.05, 0.1) is 17.5 Å². The Balaban J connectivity index is 1.85. The highest BCUT2D eigenvalue weighted by atomic mass is 19.3. The lowest BCUT2D eigenvalue weighted by molar-refractivity contribution is 0.111. The molecule has 2 aromatic heterocycles. The third-order valence-corrected chi connectivity index (χ3v) is 4.33. The van der Waals surface area contributed by atoms with Crippen LogP contribution in [0.15, 0.2) is 30.1 Å². The molecule has 2 aromatic rings. The standard InChI is InChI=1S/C18H19F2N3O3/c19-17(20)9-23-15(5-6-22-23)14-4-2-1-3-12(14)11-26-16-8-21-18(25)7-13(16)10-24/h5-8,10,17H,1-4,9,11H2,(H,21,25). The van der Waals surface area contributed by atoms with Crippen LogP contribution in [-0.4, -0.2) is 39.2 Å². The first-order valence-corrected chi connectivity index (χ1v) is 8.36. The maximum absolute atomic E-state index is 12.8. The van der Waals surface area contributed by atoms with Gasteiger partial charge in [-0.2, -0.15) is 5.10 Å². The van der Waals surface area contributed by atoms with E-state index in [-0.39, 0.29) is 23.8 Å². The van der Waals surface area contributed by atoms with Crippen molar-refractivity contribution in [1.29, 1.82) is 0 Å². The van der Waals surface area contributed by atoms with Gasteiger partial charge in [-0.1, -0.05) is 0 Å². The third kappa shape index (κ3) is 4.07. The molecule has 26 heavy (non-hydrogen) atoms. The molecule has 0 atom stereocenters. The normalized spacial score (nSPS) is 14.7. The van der Waals surface area contributed by atoms with Gasteiger partial charge in [0.15, 0.2) is 6.29 Å². The summed E-state index contributed by atoms with van der Waals surface area (Å²) in [4.78, 5) is 14.8. The minimum Gasteiger partial charge on any atom is -0.493 e. The van der Waals surface area contributed by atoms with Crippen LogP contribution in [0, 0.1) is 0 Å². The summed E-state index contributed by atoms with van der Waals surface area (Å²) in [5.74, 6) is 0.0178. The van der Waals surface area contributed by atoms with Crippen LogP contribution in [0.25, 0.3) is 5.57 Å². The third-order valence-electron chi connectivity index (χ3n) is 4.33. The van der Waals surface area contributed by atoms with E-state index in [1.807, 2.05) is 0 Å². The number of aromatic hydroxyl groups is 1. The SMILES string of the molecule is O=Cc1cc(O)ncc1OCC1=C(c2ccnn2CC(F)F)CCCC1. The predicted octanol–water partition coefficient (Wildman–Crippen LogP) is 3.47. The van der Waals surface area contributed by atoms with Gasteiger partial charge in [-0.05, 0) is 42.9 Å². The Hall–Kier alpha value is -2.77. The van der Waals surface area contributed by atoms with E-state index in [9.17, 15) is 18.7 Å². The van der Waals surface area contributed by atoms with Crippen molar-refractivity contribution in [3.63, 3.8) is 0 Å². The number of hydrogen-bond donors (Lipinski definition) is 1. The van der Waals surface area contributed by atoms with Crippen molar-refractivity contribution < 1.29 is 23.4 Å². The van der Waals surface area contributed by atoms with Crippen molar-refractivity contribution >= 4 is 11.9 Å². The van der Waals surface area contributed by atoms with Crippen LogP contribution < -0.4 is 4.74 Å². The first kappa shape index (κ1) is 18.0. The van der Waals surface area contributed by atoms with E-state index in [1.54, 1.807) is 6.07 Å². The molecule has 0 bridgehead atoms. The van der Waals surface area contributed by atoms with Gasteiger partial charge in [0.25, 0.3) is 6.43 Å². The highest BCUT2D eigenvalue weighted by molar-refractivity contribution is 5.79. The molecule has 1 aliphatic carbocycles. The molecule has 0 aliphatic heterocycles. The minimum atomic E-state index is -2.48. The average molecular weight is 363 g/mol. The Labute approximate surface area is 149 Å². The zero-order valence-electron chi connectivity index (χ0n) is 14.1. The summed E-state index contributed by atoms with van der Waals surface area (Å²) in [6.07, 6.45) is 4.44. The number of allylic oxidation sites excluding steroid dienone is 1. The Kier molecular flexibility index (Phi) is 5.60. The van der Waals surface area contributed by atoms with Gasteiger partial charge in [0.2, 0.25) is 5.88 Å². The number of carbonyl (C=O) groups is 1. The van der Waals surface area contributed by atoms with Crippen LogP contribution in [0.1, 0.15) is 41.7 Å². The second-order valence-electron chi connectivity index (χ2n) is 6.07. The van der Waals surface area contributed by atoms with Gasteiger partial charge in [-0.25, -0.2) is 13.8 Å². The van der Waals surface area contributed by atoms with Gasteiger partial charge in [0.1, 0.15) is 18.9 Å². The maximum Gasteiger partial charge on any atom is 0.257 e. The van der Waals surface area contributed by atoms with E-state index in [0.29, 0.717) is 12.0 Å². The molecule has 3 rings (SSSR count). The van der Waals surface area contributed by atoms with Crippen LogP contribution in [-0.2, 0) is 6.54 Å². The fourth-order valence-electron chi connectivity index (χ4n) is 3.13. The first-order valence-electron chi connectivity index (χ1n) is 8.36. The number of alkyl halides is 2. The van der Waals surface area contributed by atoms with Gasteiger partial charge in [-0.3, -0.25) is 9.48 Å². The predicted molar refractivity (Wildman–Crippen MR) is 90.4 cm³/mol. The monoisotopic (exact) mass is 363 g/mol. The number of carbonyl (C=O) groups excluding carboxylic acids is 1. The van der Waals surface area contributed by atoms with Crippen molar-refractivity contribution in [2.75, 3.05) is 6.61 Å². The van der Waals surface area contributed by atoms with Crippen molar-refractivity contribution in [3.8, 4) is 11.6 Å². The topological polar surface area (TPSA) is 77.2 Å². The quantitative estimate of drug-likeness (QED) is 0.762. The number of hydrogen-bond acceptors (Lipinski definition) is 5. The Morgan fingerprint density at radius 2 is 2.15 bits per heavy atom. The number of ether oxygens (including phenoxy) is 1. The Morgan fingerprint density at radius 3 is 2.92 bits per heavy atom. The number of rotatable bonds is 7. The van der Waals surface area contributed by atoms with Crippen molar-refractivity contribution in [1.82, 2.24) is 14.8 Å². The van der Waals surface area contributed by atoms with E-state index in [1.165, 1.54) is 23.1 Å². The van der Waals surface area contributed by atoms with E-state index in [2.05, 4.69) is 10.1 Å². The molecule has 0 aromatic carbocycles. The summed E-state index contributed by atoms with van der Waals surface area (Å²) in [7, 11) is 0. The van der Waals surface area contributed by atoms with Gasteiger partial charge in [0, 0.05) is 12.3 Å². The molecule has 1 N–H and O–H groups in total. The summed E-state index contributed by atoms with van der Waals surface area (Å²) < 4.78 is 32.6. The molecule has 0 amide bonds. The fourth-order valence-corrected chi connectivity index (χ4v) is 3.13. The second kappa shape index (κ2) is 8.07. The minimum absolute atomic E-state index is 0.207. The van der Waals surface area contributed by atoms with E-state index >= 15 is 0 Å². The number of aldehydes is 1. The van der Waals surface area contributed by atoms with Crippen LogP contribution in [0.2, 0.25) is 0 Å². The zero-order chi connectivity index (χ0) is 18.5. The summed E-state index contributed by atoms with van der Waals surface area (Å²) >= 11 is 0. The molecule has 138 valence electrons. The van der Waals surface area contributed by atoms with Gasteiger partial charge < -0.3 is 9.84 Å².